The summed E-state index contributed by atoms with van der Waals surface area (Å²) >= 11 is 0. The Morgan fingerprint density at radius 2 is 1.59 bits per heavy atom. The standard InChI is InChI=1S/C21H23N3O8/c1-30-19(28)18-16(26)15(25)17(27)20(31-18)32-21(29)24-7-9-4-10(8-24)12-6-14-13(5-11(9)12)22-2-3-23-14/h2-3,5-6,9-10,15-18,20,25-27H,4,7-8H2,1H3/t9-,10-,15-,16-,17+,18-,20-/m0/s1. The van der Waals surface area contributed by atoms with Crippen LogP contribution in [0.5, 0.6) is 0 Å². The zero-order valence-corrected chi connectivity index (χ0v) is 17.2. The number of aliphatic hydroxyl groups is 3. The summed E-state index contributed by atoms with van der Waals surface area (Å²) in [5.74, 6) is -0.740. The van der Waals surface area contributed by atoms with Crippen molar-refractivity contribution in [2.45, 2.75) is 49.0 Å². The number of rotatable bonds is 2. The Hall–Kier alpha value is -2.86. The minimum atomic E-state index is -1.75. The molecular weight excluding hydrogens is 422 g/mol. The fourth-order valence-electron chi connectivity index (χ4n) is 4.88. The Morgan fingerprint density at radius 3 is 2.16 bits per heavy atom. The molecule has 0 saturated carbocycles. The van der Waals surface area contributed by atoms with Gasteiger partial charge in [0.05, 0.1) is 18.1 Å². The van der Waals surface area contributed by atoms with Crippen LogP contribution in [0.2, 0.25) is 0 Å². The molecule has 0 radical (unpaired) electrons. The molecule has 1 aliphatic carbocycles. The molecule has 0 spiro atoms. The summed E-state index contributed by atoms with van der Waals surface area (Å²) in [6.45, 7) is 0.811. The van der Waals surface area contributed by atoms with E-state index in [1.807, 2.05) is 12.1 Å². The van der Waals surface area contributed by atoms with Gasteiger partial charge in [0.2, 0.25) is 6.29 Å². The van der Waals surface area contributed by atoms with E-state index in [0.29, 0.717) is 13.1 Å². The Labute approximate surface area is 182 Å². The number of ether oxygens (including phenoxy) is 3. The summed E-state index contributed by atoms with van der Waals surface area (Å²) in [6, 6.07) is 4.04. The van der Waals surface area contributed by atoms with Gasteiger partial charge >= 0.3 is 12.1 Å². The maximum atomic E-state index is 12.9. The fraction of sp³-hybridized carbons (Fsp3) is 0.524. The van der Waals surface area contributed by atoms with Crippen LogP contribution in [0.15, 0.2) is 24.5 Å². The molecule has 1 aromatic carbocycles. The largest absolute Gasteiger partial charge is 0.467 e. The maximum absolute atomic E-state index is 12.9. The van der Waals surface area contributed by atoms with Gasteiger partial charge in [0.15, 0.2) is 6.10 Å². The molecule has 0 unspecified atom stereocenters. The molecule has 2 saturated heterocycles. The normalized spacial score (nSPS) is 33.6. The first-order valence-electron chi connectivity index (χ1n) is 10.3. The van der Waals surface area contributed by atoms with Crippen molar-refractivity contribution in [3.8, 4) is 0 Å². The molecule has 2 aromatic rings. The number of fused-ring (bicyclic) bond motifs is 6. The van der Waals surface area contributed by atoms with E-state index in [9.17, 15) is 24.9 Å². The second-order valence-corrected chi connectivity index (χ2v) is 8.36. The number of likely N-dealkylation sites (tertiary alicyclic amines) is 1. The average molecular weight is 445 g/mol. The highest BCUT2D eigenvalue weighted by Gasteiger charge is 2.50. The highest BCUT2D eigenvalue weighted by Crippen LogP contribution is 2.47. The molecule has 3 heterocycles. The molecule has 1 amide bonds. The van der Waals surface area contributed by atoms with E-state index in [4.69, 9.17) is 9.47 Å². The highest BCUT2D eigenvalue weighted by molar-refractivity contribution is 5.78. The predicted octanol–water partition coefficient (Wildman–Crippen LogP) is -0.367. The van der Waals surface area contributed by atoms with E-state index in [1.165, 1.54) is 4.90 Å². The minimum absolute atomic E-state index is 0.107. The van der Waals surface area contributed by atoms with Gasteiger partial charge in [0.1, 0.15) is 18.3 Å². The van der Waals surface area contributed by atoms with Gasteiger partial charge in [-0.15, -0.1) is 0 Å². The molecule has 11 nitrogen and oxygen atoms in total. The van der Waals surface area contributed by atoms with Gasteiger partial charge in [0, 0.05) is 37.3 Å². The van der Waals surface area contributed by atoms with Gasteiger partial charge in [-0.05, 0) is 29.7 Å². The topological polar surface area (TPSA) is 152 Å². The zero-order valence-electron chi connectivity index (χ0n) is 17.2. The Kier molecular flexibility index (Phi) is 5.20. The van der Waals surface area contributed by atoms with Crippen molar-refractivity contribution in [1.29, 1.82) is 0 Å². The van der Waals surface area contributed by atoms with Crippen LogP contribution >= 0.6 is 0 Å². The first-order chi connectivity index (χ1) is 15.4. The average Bonchev–Trinajstić information content (AvgIpc) is 3.05. The van der Waals surface area contributed by atoms with Crippen LogP contribution in [0, 0.1) is 0 Å². The predicted molar refractivity (Wildman–Crippen MR) is 106 cm³/mol. The number of methoxy groups -OCH3 is 1. The fourth-order valence-corrected chi connectivity index (χ4v) is 4.88. The Morgan fingerprint density at radius 1 is 1.00 bits per heavy atom. The van der Waals surface area contributed by atoms with Crippen molar-refractivity contribution in [3.63, 3.8) is 0 Å². The van der Waals surface area contributed by atoms with Gasteiger partial charge < -0.3 is 34.4 Å². The number of amides is 1. The third-order valence-corrected chi connectivity index (χ3v) is 6.48. The Bertz CT molecular complexity index is 1010. The number of esters is 1. The van der Waals surface area contributed by atoms with Crippen molar-refractivity contribution in [3.05, 3.63) is 35.7 Å². The molecule has 32 heavy (non-hydrogen) atoms. The maximum Gasteiger partial charge on any atom is 0.412 e. The zero-order chi connectivity index (χ0) is 22.6. The van der Waals surface area contributed by atoms with Crippen LogP contribution in [0.4, 0.5) is 4.79 Å². The minimum Gasteiger partial charge on any atom is -0.467 e. The highest BCUT2D eigenvalue weighted by atomic mass is 16.7. The number of hydrogen-bond donors (Lipinski definition) is 3. The lowest BCUT2D eigenvalue weighted by Crippen LogP contribution is -2.61. The third kappa shape index (κ3) is 3.37. The first kappa shape index (κ1) is 21.0. The number of nitrogens with zero attached hydrogens (tertiary/aromatic N) is 3. The molecule has 1 aromatic heterocycles. The van der Waals surface area contributed by atoms with Gasteiger partial charge in [0.25, 0.3) is 0 Å². The summed E-state index contributed by atoms with van der Waals surface area (Å²) < 4.78 is 15.1. The molecular formula is C21H23N3O8. The smallest absolute Gasteiger partial charge is 0.412 e. The molecule has 7 atom stereocenters. The van der Waals surface area contributed by atoms with Crippen LogP contribution in [0.1, 0.15) is 29.4 Å². The molecule has 5 rings (SSSR count). The molecule has 170 valence electrons. The van der Waals surface area contributed by atoms with Crippen LogP contribution in [-0.2, 0) is 19.0 Å². The number of carbonyl (C=O) groups excluding carboxylic acids is 2. The van der Waals surface area contributed by atoms with Crippen LogP contribution in [0.3, 0.4) is 0 Å². The Balaban J connectivity index is 1.32. The number of hydrogen-bond acceptors (Lipinski definition) is 10. The van der Waals surface area contributed by atoms with E-state index in [-0.39, 0.29) is 11.8 Å². The van der Waals surface area contributed by atoms with E-state index in [0.717, 1.165) is 35.7 Å². The van der Waals surface area contributed by atoms with Gasteiger partial charge in [-0.2, -0.15) is 0 Å². The van der Waals surface area contributed by atoms with Gasteiger partial charge in [-0.1, -0.05) is 0 Å². The number of aliphatic hydroxyl groups excluding tert-OH is 3. The second kappa shape index (κ2) is 7.93. The monoisotopic (exact) mass is 445 g/mol. The SMILES string of the molecule is COC(=O)[C@H]1O[C@@H](OC(=O)N2C[C@@H]3C[C@@H](C2)c2cc4nccnc4cc23)[C@H](O)[C@@H](O)[C@@H]1O. The van der Waals surface area contributed by atoms with Crippen LogP contribution in [-0.4, -0.2) is 93.2 Å². The van der Waals surface area contributed by atoms with Gasteiger partial charge in [-0.3, -0.25) is 9.97 Å². The lowest BCUT2D eigenvalue weighted by molar-refractivity contribution is -0.280. The van der Waals surface area contributed by atoms with Crippen molar-refractivity contribution in [2.24, 2.45) is 0 Å². The molecule has 2 fully saturated rings. The third-order valence-electron chi connectivity index (χ3n) is 6.48. The molecule has 2 bridgehead atoms. The second-order valence-electron chi connectivity index (χ2n) is 8.36. The van der Waals surface area contributed by atoms with E-state index < -0.39 is 42.8 Å². The molecule has 2 aliphatic heterocycles. The lowest BCUT2D eigenvalue weighted by Gasteiger charge is -2.39. The van der Waals surface area contributed by atoms with E-state index >= 15 is 0 Å². The van der Waals surface area contributed by atoms with E-state index in [1.54, 1.807) is 12.4 Å². The first-order valence-corrected chi connectivity index (χ1v) is 10.3. The van der Waals surface area contributed by atoms with Gasteiger partial charge in [-0.25, -0.2) is 9.59 Å². The number of benzene rings is 1. The van der Waals surface area contributed by atoms with Crippen molar-refractivity contribution in [2.75, 3.05) is 20.2 Å². The number of carbonyl (C=O) groups is 2. The van der Waals surface area contributed by atoms with Crippen molar-refractivity contribution >= 4 is 23.1 Å². The van der Waals surface area contributed by atoms with Crippen molar-refractivity contribution in [1.82, 2.24) is 14.9 Å². The van der Waals surface area contributed by atoms with Crippen molar-refractivity contribution < 1.29 is 39.1 Å². The molecule has 11 heteroatoms. The summed E-state index contributed by atoms with van der Waals surface area (Å²) in [5.41, 5.74) is 3.87. The molecule has 3 aliphatic rings. The van der Waals surface area contributed by atoms with Crippen LogP contribution in [0.25, 0.3) is 11.0 Å². The quantitative estimate of drug-likeness (QED) is 0.522. The van der Waals surface area contributed by atoms with E-state index in [2.05, 4.69) is 14.7 Å². The summed E-state index contributed by atoms with van der Waals surface area (Å²) in [5, 5.41) is 30.2. The van der Waals surface area contributed by atoms with Crippen LogP contribution < -0.4 is 0 Å². The lowest BCUT2D eigenvalue weighted by atomic mass is 9.96. The summed E-state index contributed by atoms with van der Waals surface area (Å²) in [6.07, 6.45) is -4.99. The number of aromatic nitrogens is 2. The summed E-state index contributed by atoms with van der Waals surface area (Å²) in [4.78, 5) is 34.9. The number of piperidine rings is 1. The molecule has 3 N–H and O–H groups in total. The summed E-state index contributed by atoms with van der Waals surface area (Å²) in [7, 11) is 1.09.